The summed E-state index contributed by atoms with van der Waals surface area (Å²) in [5.74, 6) is 0.0828. The number of aliphatic hydroxyl groups is 1. The van der Waals surface area contributed by atoms with Crippen molar-refractivity contribution >= 4 is 5.84 Å². The highest BCUT2D eigenvalue weighted by molar-refractivity contribution is 5.94. The Hall–Kier alpha value is -0.870. The smallest absolute Gasteiger partial charge is 0.119 e. The van der Waals surface area contributed by atoms with Gasteiger partial charge in [0.05, 0.1) is 0 Å². The second kappa shape index (κ2) is 2.81. The van der Waals surface area contributed by atoms with Crippen molar-refractivity contribution in [1.29, 1.82) is 5.41 Å². The molecule has 0 amide bonds. The lowest BCUT2D eigenvalue weighted by Crippen LogP contribution is -2.36. The number of nitrogens with two attached hydrogens (primary N) is 1. The minimum Gasteiger partial charge on any atom is -0.384 e. The van der Waals surface area contributed by atoms with E-state index in [4.69, 9.17) is 16.2 Å². The molecule has 0 bridgehead atoms. The maximum absolute atomic E-state index is 8.94. The first-order valence-corrected chi connectivity index (χ1v) is 3.15. The van der Waals surface area contributed by atoms with Gasteiger partial charge in [-0.15, -0.1) is 0 Å². The Kier molecular flexibility index (Phi) is 2.03. The quantitative estimate of drug-likeness (QED) is 0.284. The van der Waals surface area contributed by atoms with Crippen molar-refractivity contribution in [3.8, 4) is 0 Å². The summed E-state index contributed by atoms with van der Waals surface area (Å²) in [4.78, 5) is 0. The fraction of sp³-hybridized carbons (Fsp3) is 0.500. The first-order valence-electron chi connectivity index (χ1n) is 3.15. The molecule has 0 saturated carbocycles. The van der Waals surface area contributed by atoms with Crippen LogP contribution in [0.3, 0.4) is 0 Å². The molecule has 1 aliphatic heterocycles. The number of aliphatic hydroxyl groups excluding tert-OH is 1. The molecule has 1 heterocycles. The lowest BCUT2D eigenvalue weighted by atomic mass is 10.1. The fourth-order valence-electron chi connectivity index (χ4n) is 0.842. The molecule has 56 valence electrons. The van der Waals surface area contributed by atoms with Crippen molar-refractivity contribution < 1.29 is 5.11 Å². The zero-order valence-corrected chi connectivity index (χ0v) is 5.59. The van der Waals surface area contributed by atoms with E-state index in [2.05, 4.69) is 5.32 Å². The molecular formula is C6H11N3O. The maximum atomic E-state index is 8.94. The van der Waals surface area contributed by atoms with Crippen LogP contribution < -0.4 is 11.1 Å². The average molecular weight is 141 g/mol. The van der Waals surface area contributed by atoms with E-state index < -0.39 is 6.23 Å². The van der Waals surface area contributed by atoms with Crippen LogP contribution in [0.2, 0.25) is 0 Å². The average Bonchev–Trinajstić information content (AvgIpc) is 1.88. The molecule has 0 aromatic carbocycles. The molecule has 0 fully saturated rings. The van der Waals surface area contributed by atoms with E-state index in [1.807, 2.05) is 0 Å². The first-order chi connectivity index (χ1) is 4.70. The zero-order valence-electron chi connectivity index (χ0n) is 5.59. The van der Waals surface area contributed by atoms with Crippen LogP contribution in [0.4, 0.5) is 0 Å². The zero-order chi connectivity index (χ0) is 7.56. The van der Waals surface area contributed by atoms with Crippen molar-refractivity contribution in [3.05, 3.63) is 11.6 Å². The van der Waals surface area contributed by atoms with E-state index in [0.717, 1.165) is 5.57 Å². The summed E-state index contributed by atoms with van der Waals surface area (Å²) < 4.78 is 0. The fourth-order valence-corrected chi connectivity index (χ4v) is 0.842. The van der Waals surface area contributed by atoms with Crippen LogP contribution in [0.1, 0.15) is 6.42 Å². The number of rotatable bonds is 1. The summed E-state index contributed by atoms with van der Waals surface area (Å²) in [6, 6.07) is 0. The molecule has 4 heteroatoms. The van der Waals surface area contributed by atoms with Crippen molar-refractivity contribution in [2.75, 3.05) is 6.54 Å². The topological polar surface area (TPSA) is 82.1 Å². The molecule has 10 heavy (non-hydrogen) atoms. The molecule has 0 aliphatic carbocycles. The van der Waals surface area contributed by atoms with Gasteiger partial charge < -0.3 is 10.8 Å². The Bertz CT molecular complexity index is 176. The van der Waals surface area contributed by atoms with Crippen molar-refractivity contribution in [3.63, 3.8) is 0 Å². The summed E-state index contributed by atoms with van der Waals surface area (Å²) in [7, 11) is 0. The number of hydrogen-bond donors (Lipinski definition) is 4. The van der Waals surface area contributed by atoms with Crippen LogP contribution in [0.25, 0.3) is 0 Å². The van der Waals surface area contributed by atoms with E-state index in [9.17, 15) is 0 Å². The van der Waals surface area contributed by atoms with Crippen molar-refractivity contribution in [2.24, 2.45) is 5.73 Å². The summed E-state index contributed by atoms with van der Waals surface area (Å²) in [5.41, 5.74) is 5.97. The standard InChI is InChI=1S/C6H11N3O/c7-6(8)4-1-2-5(10)9-3-4/h1,5,9-10H,2-3H2,(H3,7,8). The molecule has 1 atom stereocenters. The number of nitrogens with one attached hydrogen (secondary N) is 2. The van der Waals surface area contributed by atoms with Gasteiger partial charge in [0.2, 0.25) is 0 Å². The second-order valence-corrected chi connectivity index (χ2v) is 2.28. The summed E-state index contributed by atoms with van der Waals surface area (Å²) >= 11 is 0. The summed E-state index contributed by atoms with van der Waals surface area (Å²) in [6.07, 6.45) is 1.85. The molecule has 0 aromatic rings. The third-order valence-electron chi connectivity index (χ3n) is 1.46. The molecule has 1 rings (SSSR count). The molecule has 0 radical (unpaired) electrons. The highest BCUT2D eigenvalue weighted by Crippen LogP contribution is 2.03. The first kappa shape index (κ1) is 7.24. The van der Waals surface area contributed by atoms with Crippen molar-refractivity contribution in [1.82, 2.24) is 5.32 Å². The molecule has 1 unspecified atom stereocenters. The Morgan fingerprint density at radius 3 is 3.00 bits per heavy atom. The Morgan fingerprint density at radius 1 is 1.90 bits per heavy atom. The predicted octanol–water partition coefficient (Wildman–Crippen LogP) is -0.840. The van der Waals surface area contributed by atoms with Crippen LogP contribution in [-0.2, 0) is 0 Å². The number of hydrogen-bond acceptors (Lipinski definition) is 3. The third kappa shape index (κ3) is 1.55. The lowest BCUT2D eigenvalue weighted by Gasteiger charge is -2.17. The van der Waals surface area contributed by atoms with Crippen LogP contribution in [0, 0.1) is 5.41 Å². The van der Waals surface area contributed by atoms with E-state index >= 15 is 0 Å². The molecule has 5 N–H and O–H groups in total. The van der Waals surface area contributed by atoms with Crippen LogP contribution in [0.5, 0.6) is 0 Å². The Balaban J connectivity index is 2.56. The van der Waals surface area contributed by atoms with Crippen LogP contribution in [-0.4, -0.2) is 23.7 Å². The summed E-state index contributed by atoms with van der Waals surface area (Å²) in [5, 5.41) is 18.8. The van der Waals surface area contributed by atoms with Crippen molar-refractivity contribution in [2.45, 2.75) is 12.6 Å². The molecule has 1 aliphatic rings. The minimum absolute atomic E-state index is 0.0828. The van der Waals surface area contributed by atoms with Crippen LogP contribution >= 0.6 is 0 Å². The Morgan fingerprint density at radius 2 is 2.60 bits per heavy atom. The van der Waals surface area contributed by atoms with Gasteiger partial charge >= 0.3 is 0 Å². The highest BCUT2D eigenvalue weighted by atomic mass is 16.3. The Labute approximate surface area is 59.2 Å². The predicted molar refractivity (Wildman–Crippen MR) is 38.6 cm³/mol. The molecular weight excluding hydrogens is 130 g/mol. The second-order valence-electron chi connectivity index (χ2n) is 2.28. The monoisotopic (exact) mass is 141 g/mol. The minimum atomic E-state index is -0.469. The molecule has 0 aromatic heterocycles. The molecule has 4 nitrogen and oxygen atoms in total. The van der Waals surface area contributed by atoms with Gasteiger partial charge in [-0.3, -0.25) is 10.7 Å². The van der Waals surface area contributed by atoms with Gasteiger partial charge in [0.25, 0.3) is 0 Å². The molecule has 0 spiro atoms. The van der Waals surface area contributed by atoms with Gasteiger partial charge in [-0.2, -0.15) is 0 Å². The normalized spacial score (nSPS) is 25.7. The highest BCUT2D eigenvalue weighted by Gasteiger charge is 2.10. The van der Waals surface area contributed by atoms with Gasteiger partial charge in [-0.05, 0) is 0 Å². The maximum Gasteiger partial charge on any atom is 0.119 e. The van der Waals surface area contributed by atoms with Gasteiger partial charge in [0.1, 0.15) is 12.1 Å². The van der Waals surface area contributed by atoms with Gasteiger partial charge in [0.15, 0.2) is 0 Å². The SMILES string of the molecule is N=C(N)C1=CCC(O)NC1. The van der Waals surface area contributed by atoms with Gasteiger partial charge in [-0.1, -0.05) is 6.08 Å². The largest absolute Gasteiger partial charge is 0.384 e. The number of amidine groups is 1. The van der Waals surface area contributed by atoms with E-state index in [-0.39, 0.29) is 5.84 Å². The van der Waals surface area contributed by atoms with Gasteiger partial charge in [0, 0.05) is 18.5 Å². The lowest BCUT2D eigenvalue weighted by molar-refractivity contribution is 0.139. The van der Waals surface area contributed by atoms with E-state index in [1.54, 1.807) is 6.08 Å². The van der Waals surface area contributed by atoms with Gasteiger partial charge in [-0.25, -0.2) is 0 Å². The van der Waals surface area contributed by atoms with E-state index in [0.29, 0.717) is 13.0 Å². The third-order valence-corrected chi connectivity index (χ3v) is 1.46. The van der Waals surface area contributed by atoms with Crippen LogP contribution in [0.15, 0.2) is 11.6 Å². The molecule has 0 saturated heterocycles. The summed E-state index contributed by atoms with van der Waals surface area (Å²) in [6.45, 7) is 0.497. The van der Waals surface area contributed by atoms with E-state index in [1.165, 1.54) is 0 Å².